The first-order valence-electron chi connectivity index (χ1n) is 7.77. The minimum Gasteiger partial charge on any atom is -0.309 e. The van der Waals surface area contributed by atoms with Gasteiger partial charge in [0.25, 0.3) is 5.91 Å². The highest BCUT2D eigenvalue weighted by Gasteiger charge is 2.48. The van der Waals surface area contributed by atoms with Crippen LogP contribution in [-0.2, 0) is 11.2 Å². The van der Waals surface area contributed by atoms with E-state index in [1.165, 1.54) is 11.1 Å². The van der Waals surface area contributed by atoms with Crippen LogP contribution in [0.15, 0.2) is 24.3 Å². The Hall–Kier alpha value is -1.84. The average molecular weight is 286 g/mol. The molecule has 0 radical (unpaired) electrons. The molecule has 1 aromatic rings. The number of carbonyl (C=O) groups is 2. The number of hydrogen-bond acceptors (Lipinski definition) is 2. The summed E-state index contributed by atoms with van der Waals surface area (Å²) >= 11 is 0. The number of nitrogens with one attached hydrogen (secondary N) is 1. The van der Waals surface area contributed by atoms with Crippen molar-refractivity contribution in [1.82, 2.24) is 10.2 Å². The maximum atomic E-state index is 12.1. The van der Waals surface area contributed by atoms with Gasteiger partial charge in [-0.15, -0.1) is 0 Å². The molecule has 0 spiro atoms. The number of aryl methyl sites for hydroxylation is 1. The predicted octanol–water partition coefficient (Wildman–Crippen LogP) is 2.83. The number of urea groups is 1. The van der Waals surface area contributed by atoms with Crippen LogP contribution in [0.3, 0.4) is 0 Å². The maximum absolute atomic E-state index is 12.1. The van der Waals surface area contributed by atoms with Gasteiger partial charge in [-0.1, -0.05) is 31.2 Å². The molecule has 3 rings (SSSR count). The van der Waals surface area contributed by atoms with Crippen LogP contribution in [0.1, 0.15) is 50.2 Å². The van der Waals surface area contributed by atoms with Crippen LogP contribution in [0.25, 0.3) is 0 Å². The first-order chi connectivity index (χ1) is 10.1. The molecule has 4 nitrogen and oxygen atoms in total. The third kappa shape index (κ3) is 2.23. The summed E-state index contributed by atoms with van der Waals surface area (Å²) < 4.78 is 0. The van der Waals surface area contributed by atoms with Gasteiger partial charge in [0.05, 0.1) is 0 Å². The number of amides is 3. The third-order valence-corrected chi connectivity index (χ3v) is 5.14. The molecule has 21 heavy (non-hydrogen) atoms. The fourth-order valence-corrected chi connectivity index (χ4v) is 3.55. The minimum atomic E-state index is -0.705. The Morgan fingerprint density at radius 2 is 2.10 bits per heavy atom. The molecule has 0 saturated carbocycles. The molecule has 4 heteroatoms. The Morgan fingerprint density at radius 1 is 1.33 bits per heavy atom. The van der Waals surface area contributed by atoms with E-state index in [4.69, 9.17) is 0 Å². The van der Waals surface area contributed by atoms with Gasteiger partial charge >= 0.3 is 6.03 Å². The SMILES string of the molecule is CCC1(C)C(=O)NC(=O)N1CC1CCCc2ccccc21. The van der Waals surface area contributed by atoms with Crippen molar-refractivity contribution < 1.29 is 9.59 Å². The average Bonchev–Trinajstić information content (AvgIpc) is 2.71. The van der Waals surface area contributed by atoms with Crippen LogP contribution >= 0.6 is 0 Å². The lowest BCUT2D eigenvalue weighted by atomic mass is 9.82. The molecule has 1 fully saturated rings. The lowest BCUT2D eigenvalue weighted by Gasteiger charge is -2.35. The lowest BCUT2D eigenvalue weighted by molar-refractivity contribution is -0.126. The lowest BCUT2D eigenvalue weighted by Crippen LogP contribution is -2.48. The van der Waals surface area contributed by atoms with Gasteiger partial charge in [-0.25, -0.2) is 4.79 Å². The zero-order valence-corrected chi connectivity index (χ0v) is 12.7. The normalized spacial score (nSPS) is 28.5. The standard InChI is InChI=1S/C17H22N2O2/c1-3-17(2)15(20)18-16(21)19(17)11-13-9-6-8-12-7-4-5-10-14(12)13/h4-5,7,10,13H,3,6,8-9,11H2,1-2H3,(H,18,20,21). The van der Waals surface area contributed by atoms with E-state index in [0.717, 1.165) is 19.3 Å². The van der Waals surface area contributed by atoms with E-state index >= 15 is 0 Å². The molecule has 112 valence electrons. The summed E-state index contributed by atoms with van der Waals surface area (Å²) in [4.78, 5) is 25.9. The van der Waals surface area contributed by atoms with Crippen molar-refractivity contribution in [2.75, 3.05) is 6.54 Å². The highest BCUT2D eigenvalue weighted by atomic mass is 16.2. The van der Waals surface area contributed by atoms with Crippen LogP contribution in [0.5, 0.6) is 0 Å². The van der Waals surface area contributed by atoms with Gasteiger partial charge in [-0.2, -0.15) is 0 Å². The molecule has 0 bridgehead atoms. The number of hydrogen-bond donors (Lipinski definition) is 1. The van der Waals surface area contributed by atoms with Gasteiger partial charge < -0.3 is 4.90 Å². The largest absolute Gasteiger partial charge is 0.325 e. The van der Waals surface area contributed by atoms with Gasteiger partial charge in [0.15, 0.2) is 0 Å². The minimum absolute atomic E-state index is 0.168. The fraction of sp³-hybridized carbons (Fsp3) is 0.529. The third-order valence-electron chi connectivity index (χ3n) is 5.14. The summed E-state index contributed by atoms with van der Waals surface area (Å²) in [6.07, 6.45) is 3.98. The van der Waals surface area contributed by atoms with Crippen LogP contribution < -0.4 is 5.32 Å². The Kier molecular flexibility index (Phi) is 3.47. The maximum Gasteiger partial charge on any atom is 0.325 e. The van der Waals surface area contributed by atoms with E-state index in [9.17, 15) is 9.59 Å². The van der Waals surface area contributed by atoms with Gasteiger partial charge in [0, 0.05) is 12.5 Å². The van der Waals surface area contributed by atoms with Crippen molar-refractivity contribution in [1.29, 1.82) is 0 Å². The summed E-state index contributed by atoms with van der Waals surface area (Å²) in [5.74, 6) is 0.163. The second kappa shape index (κ2) is 5.17. The van der Waals surface area contributed by atoms with Gasteiger partial charge in [0.1, 0.15) is 5.54 Å². The Morgan fingerprint density at radius 3 is 2.86 bits per heavy atom. The second-order valence-corrected chi connectivity index (χ2v) is 6.29. The number of nitrogens with zero attached hydrogens (tertiary/aromatic N) is 1. The zero-order chi connectivity index (χ0) is 15.0. The quantitative estimate of drug-likeness (QED) is 0.869. The van der Waals surface area contributed by atoms with Crippen LogP contribution in [0.4, 0.5) is 4.79 Å². The molecule has 1 aliphatic carbocycles. The van der Waals surface area contributed by atoms with E-state index in [0.29, 0.717) is 18.9 Å². The highest BCUT2D eigenvalue weighted by Crippen LogP contribution is 2.35. The van der Waals surface area contributed by atoms with Crippen molar-refractivity contribution in [2.24, 2.45) is 0 Å². The van der Waals surface area contributed by atoms with Crippen molar-refractivity contribution in [3.8, 4) is 0 Å². The van der Waals surface area contributed by atoms with Crippen molar-refractivity contribution >= 4 is 11.9 Å². The molecule has 2 aliphatic rings. The zero-order valence-electron chi connectivity index (χ0n) is 12.7. The van der Waals surface area contributed by atoms with Crippen molar-refractivity contribution in [3.63, 3.8) is 0 Å². The summed E-state index contributed by atoms with van der Waals surface area (Å²) in [7, 11) is 0. The van der Waals surface area contributed by atoms with Crippen molar-refractivity contribution in [3.05, 3.63) is 35.4 Å². The van der Waals surface area contributed by atoms with Crippen molar-refractivity contribution in [2.45, 2.75) is 51.0 Å². The summed E-state index contributed by atoms with van der Waals surface area (Å²) in [6.45, 7) is 4.45. The number of fused-ring (bicyclic) bond motifs is 1. The monoisotopic (exact) mass is 286 g/mol. The molecule has 1 heterocycles. The first-order valence-corrected chi connectivity index (χ1v) is 7.77. The predicted molar refractivity (Wildman–Crippen MR) is 81.1 cm³/mol. The van der Waals surface area contributed by atoms with E-state index in [1.54, 1.807) is 4.90 Å². The van der Waals surface area contributed by atoms with Gasteiger partial charge in [0.2, 0.25) is 0 Å². The van der Waals surface area contributed by atoms with E-state index < -0.39 is 5.54 Å². The molecular weight excluding hydrogens is 264 g/mol. The Bertz CT molecular complexity index is 584. The van der Waals surface area contributed by atoms with E-state index in [1.807, 2.05) is 13.8 Å². The number of imide groups is 1. The fourth-order valence-electron chi connectivity index (χ4n) is 3.55. The summed E-state index contributed by atoms with van der Waals surface area (Å²) in [6, 6.07) is 8.23. The molecule has 2 unspecified atom stereocenters. The van der Waals surface area contributed by atoms with Crippen LogP contribution in [0.2, 0.25) is 0 Å². The van der Waals surface area contributed by atoms with Gasteiger partial charge in [-0.05, 0) is 43.7 Å². The van der Waals surface area contributed by atoms with E-state index in [2.05, 4.69) is 29.6 Å². The number of benzene rings is 1. The smallest absolute Gasteiger partial charge is 0.309 e. The highest BCUT2D eigenvalue weighted by molar-refractivity contribution is 6.06. The Balaban J connectivity index is 1.87. The number of carbonyl (C=O) groups excluding carboxylic acids is 2. The molecule has 0 aromatic heterocycles. The molecule has 1 N–H and O–H groups in total. The number of rotatable bonds is 3. The molecule has 1 aliphatic heterocycles. The van der Waals surface area contributed by atoms with Gasteiger partial charge in [-0.3, -0.25) is 10.1 Å². The topological polar surface area (TPSA) is 49.4 Å². The molecule has 1 saturated heterocycles. The Labute approximate surface area is 125 Å². The molecule has 1 aromatic carbocycles. The second-order valence-electron chi connectivity index (χ2n) is 6.29. The summed E-state index contributed by atoms with van der Waals surface area (Å²) in [5.41, 5.74) is 2.02. The molecular formula is C17H22N2O2. The first kappa shape index (κ1) is 14.1. The van der Waals surface area contributed by atoms with E-state index in [-0.39, 0.29) is 11.9 Å². The van der Waals surface area contributed by atoms with Crippen LogP contribution in [-0.4, -0.2) is 28.9 Å². The summed E-state index contributed by atoms with van der Waals surface area (Å²) in [5, 5.41) is 2.47. The van der Waals surface area contributed by atoms with Crippen LogP contribution in [0, 0.1) is 0 Å². The molecule has 2 atom stereocenters. The molecule has 3 amide bonds.